The molecule has 1 atom stereocenters. The van der Waals surface area contributed by atoms with Gasteiger partial charge in [0.1, 0.15) is 5.82 Å². The van der Waals surface area contributed by atoms with E-state index in [1.54, 1.807) is 6.07 Å². The third kappa shape index (κ3) is 3.44. The molecule has 0 spiro atoms. The number of carbonyl (C=O) groups is 1. The van der Waals surface area contributed by atoms with Crippen LogP contribution in [0.5, 0.6) is 0 Å². The Hall–Kier alpha value is -1.58. The number of carboxylic acids is 1. The maximum atomic E-state index is 13.3. The summed E-state index contributed by atoms with van der Waals surface area (Å²) in [6.07, 6.45) is 3.30. The van der Waals surface area contributed by atoms with Gasteiger partial charge in [0.25, 0.3) is 0 Å². The summed E-state index contributed by atoms with van der Waals surface area (Å²) in [4.78, 5) is 11.2. The van der Waals surface area contributed by atoms with Crippen LogP contribution in [0.25, 0.3) is 0 Å². The van der Waals surface area contributed by atoms with E-state index < -0.39 is 17.7 Å². The SMILES string of the molecule is CCCCCC(C(=O)O)c1cccc(F)c1N. The van der Waals surface area contributed by atoms with Gasteiger partial charge in [-0.3, -0.25) is 4.79 Å². The molecule has 0 aliphatic carbocycles. The van der Waals surface area contributed by atoms with E-state index in [0.717, 1.165) is 19.3 Å². The lowest BCUT2D eigenvalue weighted by Crippen LogP contribution is -2.14. The van der Waals surface area contributed by atoms with Crippen LogP contribution in [0.4, 0.5) is 10.1 Å². The van der Waals surface area contributed by atoms with E-state index in [0.29, 0.717) is 12.0 Å². The van der Waals surface area contributed by atoms with Crippen molar-refractivity contribution < 1.29 is 14.3 Å². The van der Waals surface area contributed by atoms with Crippen molar-refractivity contribution in [3.05, 3.63) is 29.6 Å². The molecule has 0 amide bonds. The van der Waals surface area contributed by atoms with E-state index in [-0.39, 0.29) is 5.69 Å². The van der Waals surface area contributed by atoms with E-state index in [1.807, 2.05) is 6.92 Å². The average Bonchev–Trinajstić information content (AvgIpc) is 2.29. The van der Waals surface area contributed by atoms with Crippen LogP contribution in [0, 0.1) is 5.82 Å². The number of nitrogens with two attached hydrogens (primary N) is 1. The van der Waals surface area contributed by atoms with Crippen LogP contribution < -0.4 is 5.73 Å². The normalized spacial score (nSPS) is 12.4. The monoisotopic (exact) mass is 239 g/mol. The number of unbranched alkanes of at least 4 members (excludes halogenated alkanes) is 2. The molecule has 3 nitrogen and oxygen atoms in total. The lowest BCUT2D eigenvalue weighted by molar-refractivity contribution is -0.139. The fourth-order valence-corrected chi connectivity index (χ4v) is 1.87. The van der Waals surface area contributed by atoms with E-state index in [4.69, 9.17) is 10.8 Å². The van der Waals surface area contributed by atoms with Gasteiger partial charge in [0, 0.05) is 0 Å². The maximum Gasteiger partial charge on any atom is 0.311 e. The Bertz CT molecular complexity index is 393. The molecule has 1 aromatic rings. The van der Waals surface area contributed by atoms with Gasteiger partial charge in [0.2, 0.25) is 0 Å². The van der Waals surface area contributed by atoms with Crippen LogP contribution in [0.1, 0.15) is 44.1 Å². The van der Waals surface area contributed by atoms with Crippen molar-refractivity contribution in [1.82, 2.24) is 0 Å². The zero-order valence-corrected chi connectivity index (χ0v) is 9.95. The Labute approximate surface area is 100 Å². The molecule has 4 heteroatoms. The largest absolute Gasteiger partial charge is 0.481 e. The highest BCUT2D eigenvalue weighted by Gasteiger charge is 2.22. The minimum Gasteiger partial charge on any atom is -0.481 e. The Kier molecular flexibility index (Phi) is 4.94. The van der Waals surface area contributed by atoms with Crippen LogP contribution in [-0.2, 0) is 4.79 Å². The average molecular weight is 239 g/mol. The lowest BCUT2D eigenvalue weighted by Gasteiger charge is -2.15. The smallest absolute Gasteiger partial charge is 0.311 e. The highest BCUT2D eigenvalue weighted by Crippen LogP contribution is 2.29. The van der Waals surface area contributed by atoms with Crippen molar-refractivity contribution in [2.75, 3.05) is 5.73 Å². The molecule has 0 bridgehead atoms. The fourth-order valence-electron chi connectivity index (χ4n) is 1.87. The summed E-state index contributed by atoms with van der Waals surface area (Å²) in [5.41, 5.74) is 5.93. The van der Waals surface area contributed by atoms with Gasteiger partial charge in [0.05, 0.1) is 11.6 Å². The summed E-state index contributed by atoms with van der Waals surface area (Å²) in [6, 6.07) is 4.32. The molecule has 1 rings (SSSR count). The zero-order valence-electron chi connectivity index (χ0n) is 9.95. The third-order valence-corrected chi connectivity index (χ3v) is 2.86. The fraction of sp³-hybridized carbons (Fsp3) is 0.462. The van der Waals surface area contributed by atoms with Crippen molar-refractivity contribution in [1.29, 1.82) is 0 Å². The number of hydrogen-bond donors (Lipinski definition) is 2. The summed E-state index contributed by atoms with van der Waals surface area (Å²) in [5.74, 6) is -2.21. The van der Waals surface area contributed by atoms with Crippen molar-refractivity contribution in [2.24, 2.45) is 0 Å². The maximum absolute atomic E-state index is 13.3. The van der Waals surface area contributed by atoms with Crippen LogP contribution in [0.2, 0.25) is 0 Å². The highest BCUT2D eigenvalue weighted by atomic mass is 19.1. The number of benzene rings is 1. The van der Waals surface area contributed by atoms with Gasteiger partial charge in [0.15, 0.2) is 0 Å². The number of carboxylic acid groups (broad SMARTS) is 1. The Morgan fingerprint density at radius 3 is 2.76 bits per heavy atom. The summed E-state index contributed by atoms with van der Waals surface area (Å²) in [5, 5.41) is 9.16. The third-order valence-electron chi connectivity index (χ3n) is 2.86. The summed E-state index contributed by atoms with van der Waals surface area (Å²) in [7, 11) is 0. The van der Waals surface area contributed by atoms with Gasteiger partial charge >= 0.3 is 5.97 Å². The number of aliphatic carboxylic acids is 1. The number of nitrogen functional groups attached to an aromatic ring is 1. The number of para-hydroxylation sites is 1. The molecule has 0 fully saturated rings. The highest BCUT2D eigenvalue weighted by molar-refractivity contribution is 5.78. The number of anilines is 1. The molecule has 0 aliphatic heterocycles. The Morgan fingerprint density at radius 2 is 2.18 bits per heavy atom. The van der Waals surface area contributed by atoms with Gasteiger partial charge in [-0.05, 0) is 18.1 Å². The molecular weight excluding hydrogens is 221 g/mol. The van der Waals surface area contributed by atoms with Crippen LogP contribution in [0.3, 0.4) is 0 Å². The first kappa shape index (κ1) is 13.5. The number of hydrogen-bond acceptors (Lipinski definition) is 2. The predicted molar refractivity (Wildman–Crippen MR) is 65.3 cm³/mol. The quantitative estimate of drug-likeness (QED) is 0.592. The Balaban J connectivity index is 2.90. The second-order valence-corrected chi connectivity index (χ2v) is 4.13. The van der Waals surface area contributed by atoms with Crippen molar-refractivity contribution in [3.8, 4) is 0 Å². The first-order valence-corrected chi connectivity index (χ1v) is 5.84. The Morgan fingerprint density at radius 1 is 1.47 bits per heavy atom. The molecule has 17 heavy (non-hydrogen) atoms. The molecule has 94 valence electrons. The first-order chi connectivity index (χ1) is 8.07. The van der Waals surface area contributed by atoms with Crippen LogP contribution in [0.15, 0.2) is 18.2 Å². The first-order valence-electron chi connectivity index (χ1n) is 5.84. The molecule has 3 N–H and O–H groups in total. The van der Waals surface area contributed by atoms with Crippen molar-refractivity contribution in [3.63, 3.8) is 0 Å². The van der Waals surface area contributed by atoms with Gasteiger partial charge < -0.3 is 10.8 Å². The molecule has 0 heterocycles. The molecule has 0 saturated heterocycles. The molecule has 0 saturated carbocycles. The molecule has 0 aromatic heterocycles. The van der Waals surface area contributed by atoms with Gasteiger partial charge in [-0.15, -0.1) is 0 Å². The van der Waals surface area contributed by atoms with Crippen LogP contribution in [-0.4, -0.2) is 11.1 Å². The minimum absolute atomic E-state index is 0.0450. The van der Waals surface area contributed by atoms with E-state index in [1.165, 1.54) is 12.1 Å². The molecule has 0 aliphatic rings. The topological polar surface area (TPSA) is 63.3 Å². The zero-order chi connectivity index (χ0) is 12.8. The van der Waals surface area contributed by atoms with Gasteiger partial charge in [-0.1, -0.05) is 38.3 Å². The second kappa shape index (κ2) is 6.23. The van der Waals surface area contributed by atoms with Gasteiger partial charge in [-0.25, -0.2) is 4.39 Å². The van der Waals surface area contributed by atoms with E-state index in [2.05, 4.69) is 0 Å². The summed E-state index contributed by atoms with van der Waals surface area (Å²) >= 11 is 0. The van der Waals surface area contributed by atoms with E-state index >= 15 is 0 Å². The second-order valence-electron chi connectivity index (χ2n) is 4.13. The summed E-state index contributed by atoms with van der Waals surface area (Å²) < 4.78 is 13.3. The standard InChI is InChI=1S/C13H18FNO2/c1-2-3-4-6-10(13(16)17)9-7-5-8-11(14)12(9)15/h5,7-8,10H,2-4,6,15H2,1H3,(H,16,17). The van der Waals surface area contributed by atoms with Crippen LogP contribution >= 0.6 is 0 Å². The van der Waals surface area contributed by atoms with E-state index in [9.17, 15) is 9.18 Å². The van der Waals surface area contributed by atoms with Crippen molar-refractivity contribution in [2.45, 2.75) is 38.5 Å². The molecule has 0 radical (unpaired) electrons. The summed E-state index contributed by atoms with van der Waals surface area (Å²) in [6.45, 7) is 2.05. The minimum atomic E-state index is -0.946. The number of halogens is 1. The molecule has 1 aromatic carbocycles. The lowest BCUT2D eigenvalue weighted by atomic mass is 9.92. The molecular formula is C13H18FNO2. The predicted octanol–water partition coefficient (Wildman–Crippen LogP) is 3.16. The number of rotatable bonds is 6. The van der Waals surface area contributed by atoms with Crippen molar-refractivity contribution >= 4 is 11.7 Å². The van der Waals surface area contributed by atoms with Gasteiger partial charge in [-0.2, -0.15) is 0 Å². The molecule has 1 unspecified atom stereocenters.